The van der Waals surface area contributed by atoms with Crippen LogP contribution >= 0.6 is 0 Å². The molecule has 2 aromatic rings. The lowest BCUT2D eigenvalue weighted by Crippen LogP contribution is -2.51. The lowest BCUT2D eigenvalue weighted by Gasteiger charge is -2.46. The Kier molecular flexibility index (Phi) is 6.23. The smallest absolute Gasteiger partial charge is 0.345 e. The first-order valence-electron chi connectivity index (χ1n) is 11.8. The fraction of sp³-hybridized carbons (Fsp3) is 0.296. The first kappa shape index (κ1) is 25.2. The highest BCUT2D eigenvalue weighted by molar-refractivity contribution is 5.86. The van der Waals surface area contributed by atoms with Crippen LogP contribution in [-0.4, -0.2) is 66.9 Å². The van der Waals surface area contributed by atoms with E-state index in [1.54, 1.807) is 12.1 Å². The minimum atomic E-state index is -1.57. The monoisotopic (exact) mass is 524 g/mol. The van der Waals surface area contributed by atoms with Crippen LogP contribution in [0.1, 0.15) is 17.0 Å². The van der Waals surface area contributed by atoms with Crippen molar-refractivity contribution in [3.8, 4) is 23.0 Å². The number of aliphatic carboxylic acids is 1. The molecule has 0 amide bonds. The lowest BCUT2D eigenvalue weighted by atomic mass is 9.56. The summed E-state index contributed by atoms with van der Waals surface area (Å²) in [5, 5.41) is 59.0. The topological polar surface area (TPSA) is 191 Å². The molecule has 1 saturated heterocycles. The van der Waals surface area contributed by atoms with E-state index in [0.29, 0.717) is 16.7 Å². The van der Waals surface area contributed by atoms with Gasteiger partial charge in [0.2, 0.25) is 6.10 Å². The van der Waals surface area contributed by atoms with Gasteiger partial charge in [-0.3, -0.25) is 4.79 Å². The number of allylic oxidation sites excluding steroid dienone is 1. The third kappa shape index (κ3) is 4.30. The average Bonchev–Trinajstić information content (AvgIpc) is 3.18. The van der Waals surface area contributed by atoms with Crippen molar-refractivity contribution in [2.45, 2.75) is 30.7 Å². The minimum absolute atomic E-state index is 0.254. The Labute approximate surface area is 215 Å². The van der Waals surface area contributed by atoms with Crippen molar-refractivity contribution in [2.75, 3.05) is 0 Å². The number of aliphatic hydroxyl groups excluding tert-OH is 1. The molecule has 198 valence electrons. The Balaban J connectivity index is 1.35. The van der Waals surface area contributed by atoms with Gasteiger partial charge < -0.3 is 40.1 Å². The second-order valence-electron chi connectivity index (χ2n) is 9.59. The van der Waals surface area contributed by atoms with E-state index >= 15 is 0 Å². The van der Waals surface area contributed by atoms with Crippen LogP contribution in [0.2, 0.25) is 0 Å². The van der Waals surface area contributed by atoms with Gasteiger partial charge in [-0.15, -0.1) is 0 Å². The number of carbonyl (C=O) groups is 3. The highest BCUT2D eigenvalue weighted by Crippen LogP contribution is 2.58. The number of hydrogen-bond acceptors (Lipinski definition) is 10. The van der Waals surface area contributed by atoms with Crippen LogP contribution in [0.4, 0.5) is 0 Å². The zero-order valence-corrected chi connectivity index (χ0v) is 19.7. The molecule has 0 aromatic heterocycles. The van der Waals surface area contributed by atoms with Gasteiger partial charge in [0.1, 0.15) is 6.10 Å². The highest BCUT2D eigenvalue weighted by Gasteiger charge is 2.63. The highest BCUT2D eigenvalue weighted by atomic mass is 16.6. The summed E-state index contributed by atoms with van der Waals surface area (Å²) in [6.07, 6.45) is 0.493. The van der Waals surface area contributed by atoms with Gasteiger partial charge in [-0.1, -0.05) is 24.3 Å². The maximum absolute atomic E-state index is 12.8. The van der Waals surface area contributed by atoms with E-state index in [4.69, 9.17) is 9.47 Å². The van der Waals surface area contributed by atoms with Crippen LogP contribution < -0.4 is 0 Å². The summed E-state index contributed by atoms with van der Waals surface area (Å²) >= 11 is 0. The summed E-state index contributed by atoms with van der Waals surface area (Å²) in [6.45, 7) is 0. The van der Waals surface area contributed by atoms with E-state index in [1.807, 2.05) is 0 Å². The van der Waals surface area contributed by atoms with E-state index in [1.165, 1.54) is 36.4 Å². The maximum Gasteiger partial charge on any atom is 0.345 e. The number of carboxylic acid groups (broad SMARTS) is 1. The van der Waals surface area contributed by atoms with E-state index in [-0.39, 0.29) is 23.7 Å². The molecule has 11 heteroatoms. The van der Waals surface area contributed by atoms with Crippen molar-refractivity contribution in [1.29, 1.82) is 0 Å². The minimum Gasteiger partial charge on any atom is -0.504 e. The average molecular weight is 524 g/mol. The Bertz CT molecular complexity index is 1380. The lowest BCUT2D eigenvalue weighted by molar-refractivity contribution is -0.160. The van der Waals surface area contributed by atoms with Gasteiger partial charge in [0.15, 0.2) is 23.0 Å². The molecule has 2 fully saturated rings. The van der Waals surface area contributed by atoms with Crippen molar-refractivity contribution in [1.82, 2.24) is 0 Å². The molecule has 2 aromatic carbocycles. The summed E-state index contributed by atoms with van der Waals surface area (Å²) in [6, 6.07) is 7.95. The second-order valence-corrected chi connectivity index (χ2v) is 9.59. The predicted octanol–water partition coefficient (Wildman–Crippen LogP) is 1.48. The number of carbonyl (C=O) groups excluding carboxylic acids is 2. The molecule has 6 N–H and O–H groups in total. The molecule has 4 aliphatic rings. The molecule has 7 atom stereocenters. The van der Waals surface area contributed by atoms with Gasteiger partial charge in [-0.05, 0) is 41.0 Å². The van der Waals surface area contributed by atoms with E-state index in [9.17, 15) is 45.0 Å². The number of esters is 2. The Morgan fingerprint density at radius 1 is 0.947 bits per heavy atom. The third-order valence-corrected chi connectivity index (χ3v) is 7.36. The van der Waals surface area contributed by atoms with E-state index < -0.39 is 65.6 Å². The van der Waals surface area contributed by atoms with Crippen molar-refractivity contribution in [3.63, 3.8) is 0 Å². The zero-order chi connectivity index (χ0) is 27.3. The first-order chi connectivity index (χ1) is 18.0. The number of hydrogen-bond donors (Lipinski definition) is 6. The largest absolute Gasteiger partial charge is 0.504 e. The van der Waals surface area contributed by atoms with Crippen LogP contribution in [0.15, 0.2) is 60.2 Å². The molecular weight excluding hydrogens is 500 g/mol. The maximum atomic E-state index is 12.8. The van der Waals surface area contributed by atoms with Crippen LogP contribution in [0.3, 0.4) is 0 Å². The number of rotatable bonds is 7. The number of aliphatic hydroxyl groups is 1. The number of carboxylic acids is 1. The number of benzene rings is 2. The summed E-state index contributed by atoms with van der Waals surface area (Å²) < 4.78 is 10.5. The number of phenols is 4. The molecular formula is C27H24O11. The molecule has 1 saturated carbocycles. The van der Waals surface area contributed by atoms with E-state index in [0.717, 1.165) is 6.08 Å². The Hall–Kier alpha value is -4.51. The predicted molar refractivity (Wildman–Crippen MR) is 127 cm³/mol. The quantitative estimate of drug-likeness (QED) is 0.175. The molecule has 1 aliphatic heterocycles. The van der Waals surface area contributed by atoms with Crippen LogP contribution in [0.5, 0.6) is 23.0 Å². The molecule has 3 aliphatic carbocycles. The fourth-order valence-corrected chi connectivity index (χ4v) is 5.67. The molecule has 6 rings (SSSR count). The van der Waals surface area contributed by atoms with Crippen LogP contribution in [-0.2, 0) is 30.3 Å². The van der Waals surface area contributed by atoms with Gasteiger partial charge in [0.25, 0.3) is 0 Å². The molecule has 0 radical (unpaired) electrons. The molecule has 1 heterocycles. The zero-order valence-electron chi connectivity index (χ0n) is 19.7. The van der Waals surface area contributed by atoms with Gasteiger partial charge in [-0.2, -0.15) is 0 Å². The number of phenolic OH excluding ortho intramolecular Hbond substituents is 4. The summed E-state index contributed by atoms with van der Waals surface area (Å²) in [4.78, 5) is 36.9. The normalized spacial score (nSPS) is 28.1. The molecule has 38 heavy (non-hydrogen) atoms. The number of aromatic hydroxyl groups is 4. The third-order valence-electron chi connectivity index (χ3n) is 7.36. The van der Waals surface area contributed by atoms with Gasteiger partial charge in [0.05, 0.1) is 12.0 Å². The van der Waals surface area contributed by atoms with Gasteiger partial charge in [0, 0.05) is 30.3 Å². The fourth-order valence-electron chi connectivity index (χ4n) is 5.67. The second kappa shape index (κ2) is 9.42. The van der Waals surface area contributed by atoms with Crippen LogP contribution in [0.25, 0.3) is 0 Å². The Morgan fingerprint density at radius 2 is 1.63 bits per heavy atom. The summed E-state index contributed by atoms with van der Waals surface area (Å²) in [5.74, 6) is -6.79. The molecule has 11 nitrogen and oxygen atoms in total. The van der Waals surface area contributed by atoms with Gasteiger partial charge in [-0.25, -0.2) is 9.59 Å². The van der Waals surface area contributed by atoms with Crippen LogP contribution in [0, 0.1) is 17.8 Å². The summed E-state index contributed by atoms with van der Waals surface area (Å²) in [7, 11) is 0. The Morgan fingerprint density at radius 3 is 2.29 bits per heavy atom. The first-order valence-corrected chi connectivity index (χ1v) is 11.8. The van der Waals surface area contributed by atoms with Crippen molar-refractivity contribution in [3.05, 3.63) is 71.3 Å². The van der Waals surface area contributed by atoms with Crippen molar-refractivity contribution >= 4 is 17.9 Å². The number of ether oxygens (including phenoxy) is 2. The van der Waals surface area contributed by atoms with Gasteiger partial charge >= 0.3 is 17.9 Å². The van der Waals surface area contributed by atoms with Crippen molar-refractivity contribution < 1.29 is 54.5 Å². The standard InChI is InChI=1S/C27H24O11/c28-15-4-1-11(7-17(15)30)8-19(26(34)35)37-20(32)6-3-12-9-14-21(13-2-5-16(29)18(31)10-13)23-22(12)25(24(14)33)38-27(23)36/h1-7,9-10,14,19,21-25,28-31,33H,8H2,(H,34,35). The molecule has 0 spiro atoms. The van der Waals surface area contributed by atoms with E-state index in [2.05, 4.69) is 0 Å². The van der Waals surface area contributed by atoms with Crippen molar-refractivity contribution in [2.24, 2.45) is 17.8 Å². The molecule has 4 bridgehead atoms. The SMILES string of the molecule is O=C(C=CC1=CC2C(O)C3OC(=O)C(C13)C2c1ccc(O)c(O)c1)OC(Cc1ccc(O)c(O)c1)C(=O)O. The molecule has 7 unspecified atom stereocenters. The summed E-state index contributed by atoms with van der Waals surface area (Å²) in [5.41, 5.74) is 1.41.